The van der Waals surface area contributed by atoms with E-state index in [1.54, 1.807) is 18.2 Å². The number of benzene rings is 2. The number of ketones is 1. The Morgan fingerprint density at radius 2 is 1.62 bits per heavy atom. The quantitative estimate of drug-likeness (QED) is 0.303. The summed E-state index contributed by atoms with van der Waals surface area (Å²) in [6, 6.07) is 5.92. The van der Waals surface area contributed by atoms with Crippen LogP contribution in [0.3, 0.4) is 0 Å². The van der Waals surface area contributed by atoms with Gasteiger partial charge in [0.05, 0.1) is 26.2 Å². The van der Waals surface area contributed by atoms with Gasteiger partial charge in [0.2, 0.25) is 0 Å². The predicted molar refractivity (Wildman–Crippen MR) is 121 cm³/mol. The molecule has 0 heterocycles. The average Bonchev–Trinajstić information content (AvgIpc) is 2.80. The summed E-state index contributed by atoms with van der Waals surface area (Å²) in [6.07, 6.45) is 3.51. The van der Waals surface area contributed by atoms with E-state index in [2.05, 4.69) is 13.2 Å². The lowest BCUT2D eigenvalue weighted by Crippen LogP contribution is -2.17. The third-order valence-electron chi connectivity index (χ3n) is 4.76. The van der Waals surface area contributed by atoms with Crippen molar-refractivity contribution in [1.82, 2.24) is 0 Å². The lowest BCUT2D eigenvalue weighted by molar-refractivity contribution is -0.139. The van der Waals surface area contributed by atoms with Crippen molar-refractivity contribution in [2.75, 3.05) is 27.4 Å². The van der Waals surface area contributed by atoms with Crippen molar-refractivity contribution in [3.63, 3.8) is 0 Å². The monoisotopic (exact) mass is 440 g/mol. The third kappa shape index (κ3) is 5.49. The van der Waals surface area contributed by atoms with Crippen LogP contribution in [-0.2, 0) is 22.4 Å². The van der Waals surface area contributed by atoms with E-state index in [4.69, 9.17) is 18.9 Å². The lowest BCUT2D eigenvalue weighted by Gasteiger charge is -2.21. The molecule has 0 aromatic heterocycles. The summed E-state index contributed by atoms with van der Waals surface area (Å²) in [5.74, 6) is -0.105. The van der Waals surface area contributed by atoms with Gasteiger partial charge in [-0.05, 0) is 35.7 Å². The van der Waals surface area contributed by atoms with Gasteiger partial charge in [-0.1, -0.05) is 32.2 Å². The second-order valence-electron chi connectivity index (χ2n) is 6.73. The molecule has 0 radical (unpaired) electrons. The van der Waals surface area contributed by atoms with Crippen molar-refractivity contribution < 1.29 is 33.6 Å². The van der Waals surface area contributed by atoms with E-state index in [0.29, 0.717) is 23.3 Å². The van der Waals surface area contributed by atoms with Crippen LogP contribution in [0.15, 0.2) is 49.6 Å². The van der Waals surface area contributed by atoms with Crippen LogP contribution in [0.4, 0.5) is 0 Å². The molecule has 32 heavy (non-hydrogen) atoms. The Hall–Kier alpha value is -3.74. The molecule has 0 aliphatic carbocycles. The molecule has 2 aromatic rings. The minimum atomic E-state index is -0.507. The number of ether oxygens (including phenoxy) is 4. The van der Waals surface area contributed by atoms with Gasteiger partial charge >= 0.3 is 5.97 Å². The number of rotatable bonds is 12. The number of carbonyl (C=O) groups is 2. The fourth-order valence-electron chi connectivity index (χ4n) is 3.28. The molecular weight excluding hydrogens is 412 g/mol. The number of esters is 1. The van der Waals surface area contributed by atoms with Crippen LogP contribution in [0, 0.1) is 0 Å². The molecule has 0 amide bonds. The number of hydrogen-bond acceptors (Lipinski definition) is 7. The molecule has 0 unspecified atom stereocenters. The van der Waals surface area contributed by atoms with Crippen molar-refractivity contribution in [2.24, 2.45) is 0 Å². The van der Waals surface area contributed by atoms with Crippen LogP contribution in [0.5, 0.6) is 23.0 Å². The number of methoxy groups -OCH3 is 2. The minimum absolute atomic E-state index is 0.0932. The van der Waals surface area contributed by atoms with E-state index in [1.165, 1.54) is 32.4 Å². The second kappa shape index (κ2) is 11.6. The van der Waals surface area contributed by atoms with Gasteiger partial charge in [0.1, 0.15) is 24.7 Å². The molecule has 7 nitrogen and oxygen atoms in total. The maximum atomic E-state index is 13.6. The Balaban J connectivity index is 2.80. The molecule has 1 N–H and O–H groups in total. The summed E-state index contributed by atoms with van der Waals surface area (Å²) in [7, 11) is 2.68. The standard InChI is InChI=1S/C25H28O7/c1-6-11-31-20-15-22(32-12-7-2)24(18(17(20)8-3)14-23(27)30-5)25(28)16-9-10-19(26)21(13-16)29-4/h6-7,9-10,13,15,26H,1-2,8,11-12,14H2,3-5H3. The van der Waals surface area contributed by atoms with Crippen molar-refractivity contribution in [3.05, 3.63) is 71.8 Å². The molecule has 0 fully saturated rings. The van der Waals surface area contributed by atoms with E-state index >= 15 is 0 Å². The first-order chi connectivity index (χ1) is 15.4. The first kappa shape index (κ1) is 24.5. The number of phenols is 1. The number of phenolic OH excluding ortho intramolecular Hbond substituents is 1. The first-order valence-electron chi connectivity index (χ1n) is 10.1. The van der Waals surface area contributed by atoms with Gasteiger partial charge in [-0.2, -0.15) is 0 Å². The topological polar surface area (TPSA) is 91.3 Å². The molecule has 7 heteroatoms. The van der Waals surface area contributed by atoms with Crippen molar-refractivity contribution in [2.45, 2.75) is 19.8 Å². The average molecular weight is 440 g/mol. The molecule has 0 spiro atoms. The lowest BCUT2D eigenvalue weighted by atomic mass is 9.90. The van der Waals surface area contributed by atoms with Crippen LogP contribution in [0.1, 0.15) is 34.0 Å². The number of aromatic hydroxyl groups is 1. The molecule has 170 valence electrons. The minimum Gasteiger partial charge on any atom is -0.504 e. The molecule has 2 aromatic carbocycles. The Morgan fingerprint density at radius 3 is 2.19 bits per heavy atom. The van der Waals surface area contributed by atoms with E-state index < -0.39 is 11.8 Å². The summed E-state index contributed by atoms with van der Waals surface area (Å²) in [6.45, 7) is 9.61. The fraction of sp³-hybridized carbons (Fsp3) is 0.280. The van der Waals surface area contributed by atoms with E-state index in [1.807, 2.05) is 6.92 Å². The summed E-state index contributed by atoms with van der Waals surface area (Å²) in [5, 5.41) is 9.91. The summed E-state index contributed by atoms with van der Waals surface area (Å²) >= 11 is 0. The smallest absolute Gasteiger partial charge is 0.310 e. The SMILES string of the molecule is C=CCOc1cc(OCC=C)c(C(=O)c2ccc(O)c(OC)c2)c(CC(=O)OC)c1CC. The fourth-order valence-corrected chi connectivity index (χ4v) is 3.28. The maximum absolute atomic E-state index is 13.6. The highest BCUT2D eigenvalue weighted by Gasteiger charge is 2.27. The Morgan fingerprint density at radius 1 is 0.969 bits per heavy atom. The van der Waals surface area contributed by atoms with Gasteiger partial charge in [0, 0.05) is 11.6 Å². The van der Waals surface area contributed by atoms with Gasteiger partial charge < -0.3 is 24.1 Å². The first-order valence-corrected chi connectivity index (χ1v) is 10.1. The van der Waals surface area contributed by atoms with Gasteiger partial charge in [-0.25, -0.2) is 0 Å². The third-order valence-corrected chi connectivity index (χ3v) is 4.76. The van der Waals surface area contributed by atoms with Gasteiger partial charge in [0.25, 0.3) is 0 Å². The predicted octanol–water partition coefficient (Wildman–Crippen LogP) is 4.04. The highest BCUT2D eigenvalue weighted by molar-refractivity contribution is 6.13. The molecule has 0 bridgehead atoms. The Labute approximate surface area is 187 Å². The van der Waals surface area contributed by atoms with Gasteiger partial charge in [0.15, 0.2) is 17.3 Å². The van der Waals surface area contributed by atoms with Gasteiger partial charge in [-0.3, -0.25) is 9.59 Å². The molecule has 0 atom stereocenters. The normalized spacial score (nSPS) is 10.2. The molecule has 0 aliphatic rings. The zero-order valence-corrected chi connectivity index (χ0v) is 18.6. The maximum Gasteiger partial charge on any atom is 0.310 e. The molecule has 0 saturated heterocycles. The van der Waals surface area contributed by atoms with Crippen LogP contribution >= 0.6 is 0 Å². The van der Waals surface area contributed by atoms with Crippen molar-refractivity contribution in [1.29, 1.82) is 0 Å². The highest BCUT2D eigenvalue weighted by Crippen LogP contribution is 2.37. The highest BCUT2D eigenvalue weighted by atomic mass is 16.5. The van der Waals surface area contributed by atoms with Crippen LogP contribution in [-0.4, -0.2) is 44.3 Å². The molecule has 2 rings (SSSR count). The summed E-state index contributed by atoms with van der Waals surface area (Å²) in [5.41, 5.74) is 1.62. The zero-order chi connectivity index (χ0) is 23.7. The number of carbonyl (C=O) groups excluding carboxylic acids is 2. The van der Waals surface area contributed by atoms with Gasteiger partial charge in [-0.15, -0.1) is 0 Å². The van der Waals surface area contributed by atoms with Crippen LogP contribution in [0.2, 0.25) is 0 Å². The van der Waals surface area contributed by atoms with E-state index in [9.17, 15) is 14.7 Å². The van der Waals surface area contributed by atoms with Crippen LogP contribution in [0.25, 0.3) is 0 Å². The van der Waals surface area contributed by atoms with E-state index in [0.717, 1.165) is 0 Å². The Kier molecular flexibility index (Phi) is 8.89. The molecule has 0 saturated carbocycles. The largest absolute Gasteiger partial charge is 0.504 e. The van der Waals surface area contributed by atoms with Crippen molar-refractivity contribution >= 4 is 11.8 Å². The molecule has 0 aliphatic heterocycles. The van der Waals surface area contributed by atoms with E-state index in [-0.39, 0.29) is 48.0 Å². The Bertz CT molecular complexity index is 1010. The van der Waals surface area contributed by atoms with Crippen LogP contribution < -0.4 is 14.2 Å². The molecular formula is C25H28O7. The zero-order valence-electron chi connectivity index (χ0n) is 18.6. The summed E-state index contributed by atoms with van der Waals surface area (Å²) < 4.78 is 21.6. The second-order valence-corrected chi connectivity index (χ2v) is 6.73. The summed E-state index contributed by atoms with van der Waals surface area (Å²) in [4.78, 5) is 25.9. The number of hydrogen-bond donors (Lipinski definition) is 1. The van der Waals surface area contributed by atoms with Crippen molar-refractivity contribution in [3.8, 4) is 23.0 Å².